The summed E-state index contributed by atoms with van der Waals surface area (Å²) in [5.74, 6) is 0.882. The van der Waals surface area contributed by atoms with E-state index in [1.807, 2.05) is 25.1 Å². The van der Waals surface area contributed by atoms with Crippen molar-refractivity contribution >= 4 is 5.91 Å². The second-order valence-corrected chi connectivity index (χ2v) is 6.95. The van der Waals surface area contributed by atoms with E-state index in [0.717, 1.165) is 36.1 Å². The van der Waals surface area contributed by atoms with Crippen LogP contribution in [0.2, 0.25) is 0 Å². The number of rotatable bonds is 2. The smallest absolute Gasteiger partial charge is 0.252 e. The van der Waals surface area contributed by atoms with Crippen LogP contribution in [0.15, 0.2) is 42.7 Å². The lowest BCUT2D eigenvalue weighted by molar-refractivity contribution is 0.0360. The largest absolute Gasteiger partial charge is 0.487 e. The Morgan fingerprint density at radius 1 is 1.25 bits per heavy atom. The Morgan fingerprint density at radius 3 is 2.83 bits per heavy atom. The highest BCUT2D eigenvalue weighted by atomic mass is 16.5. The number of pyridine rings is 1. The number of para-hydroxylation sites is 1. The van der Waals surface area contributed by atoms with Gasteiger partial charge >= 0.3 is 0 Å². The number of aryl methyl sites for hydroxylation is 1. The van der Waals surface area contributed by atoms with Crippen LogP contribution in [0, 0.1) is 6.92 Å². The van der Waals surface area contributed by atoms with Gasteiger partial charge in [0.15, 0.2) is 0 Å². The minimum Gasteiger partial charge on any atom is -0.487 e. The van der Waals surface area contributed by atoms with Gasteiger partial charge in [0.2, 0.25) is 0 Å². The second kappa shape index (κ2) is 5.93. The first-order valence-corrected chi connectivity index (χ1v) is 8.66. The molecule has 1 aromatic carbocycles. The van der Waals surface area contributed by atoms with Crippen LogP contribution in [-0.4, -0.2) is 16.5 Å². The average molecular weight is 322 g/mol. The summed E-state index contributed by atoms with van der Waals surface area (Å²) in [6.07, 6.45) is 8.78. The van der Waals surface area contributed by atoms with Gasteiger partial charge < -0.3 is 10.1 Å². The molecule has 1 aromatic heterocycles. The zero-order valence-corrected chi connectivity index (χ0v) is 13.9. The molecule has 1 amide bonds. The standard InChI is InChI=1S/C20H22N2O2/c1-14-13-21-11-8-15(14)19(23)22-17-12-20(9-4-5-10-20)24-18-7-3-2-6-16(17)18/h2-3,6-8,11,13,17H,4-5,9-10,12H2,1H3,(H,22,23)/t17-/m0/s1. The third-order valence-corrected chi connectivity index (χ3v) is 5.28. The van der Waals surface area contributed by atoms with Crippen LogP contribution < -0.4 is 10.1 Å². The third-order valence-electron chi connectivity index (χ3n) is 5.28. The molecule has 1 atom stereocenters. The molecule has 2 aromatic rings. The summed E-state index contributed by atoms with van der Waals surface area (Å²) in [6.45, 7) is 1.91. The van der Waals surface area contributed by atoms with Gasteiger partial charge in [-0.15, -0.1) is 0 Å². The number of aromatic nitrogens is 1. The topological polar surface area (TPSA) is 51.2 Å². The van der Waals surface area contributed by atoms with E-state index in [4.69, 9.17) is 4.74 Å². The van der Waals surface area contributed by atoms with Crippen molar-refractivity contribution in [2.24, 2.45) is 0 Å². The zero-order chi connectivity index (χ0) is 16.6. The molecule has 1 spiro atoms. The number of carbonyl (C=O) groups excluding carboxylic acids is 1. The molecule has 4 rings (SSSR count). The van der Waals surface area contributed by atoms with Crippen molar-refractivity contribution in [3.8, 4) is 5.75 Å². The predicted molar refractivity (Wildman–Crippen MR) is 92.1 cm³/mol. The maximum absolute atomic E-state index is 12.8. The predicted octanol–water partition coefficient (Wildman–Crippen LogP) is 3.96. The van der Waals surface area contributed by atoms with Gasteiger partial charge in [0.25, 0.3) is 5.91 Å². The Bertz CT molecular complexity index is 766. The van der Waals surface area contributed by atoms with Crippen LogP contribution in [0.3, 0.4) is 0 Å². The molecule has 1 fully saturated rings. The summed E-state index contributed by atoms with van der Waals surface area (Å²) in [5, 5.41) is 3.24. The molecule has 4 nitrogen and oxygen atoms in total. The second-order valence-electron chi connectivity index (χ2n) is 6.95. The van der Waals surface area contributed by atoms with Gasteiger partial charge in [0.05, 0.1) is 6.04 Å². The number of hydrogen-bond acceptors (Lipinski definition) is 3. The van der Waals surface area contributed by atoms with Crippen molar-refractivity contribution < 1.29 is 9.53 Å². The molecule has 124 valence electrons. The third kappa shape index (κ3) is 2.66. The molecule has 1 N–H and O–H groups in total. The summed E-state index contributed by atoms with van der Waals surface area (Å²) >= 11 is 0. The van der Waals surface area contributed by atoms with Crippen LogP contribution in [0.1, 0.15) is 59.6 Å². The van der Waals surface area contributed by atoms with Crippen molar-refractivity contribution in [3.05, 3.63) is 59.4 Å². The number of benzene rings is 1. The molecular formula is C20H22N2O2. The molecule has 1 aliphatic carbocycles. The minimum absolute atomic E-state index is 0.00637. The van der Waals surface area contributed by atoms with Crippen molar-refractivity contribution in [1.82, 2.24) is 10.3 Å². The molecule has 24 heavy (non-hydrogen) atoms. The van der Waals surface area contributed by atoms with Crippen LogP contribution in [-0.2, 0) is 0 Å². The highest BCUT2D eigenvalue weighted by Gasteiger charge is 2.43. The lowest BCUT2D eigenvalue weighted by atomic mass is 9.85. The fourth-order valence-electron chi connectivity index (χ4n) is 4.04. The van der Waals surface area contributed by atoms with Crippen LogP contribution in [0.4, 0.5) is 0 Å². The van der Waals surface area contributed by atoms with Crippen molar-refractivity contribution in [1.29, 1.82) is 0 Å². The molecule has 0 radical (unpaired) electrons. The number of fused-ring (bicyclic) bond motifs is 1. The van der Waals surface area contributed by atoms with Gasteiger partial charge in [-0.3, -0.25) is 9.78 Å². The summed E-state index contributed by atoms with van der Waals surface area (Å²) < 4.78 is 6.36. The SMILES string of the molecule is Cc1cnccc1C(=O)N[C@H]1CC2(CCCC2)Oc2ccccc21. The fraction of sp³-hybridized carbons (Fsp3) is 0.400. The first kappa shape index (κ1) is 15.2. The highest BCUT2D eigenvalue weighted by Crippen LogP contribution is 2.47. The number of ether oxygens (including phenoxy) is 1. The lowest BCUT2D eigenvalue weighted by Crippen LogP contribution is -2.43. The summed E-state index contributed by atoms with van der Waals surface area (Å²) in [6, 6.07) is 9.85. The van der Waals surface area contributed by atoms with E-state index >= 15 is 0 Å². The molecule has 1 saturated carbocycles. The van der Waals surface area contributed by atoms with Gasteiger partial charge in [0.1, 0.15) is 11.4 Å². The normalized spacial score (nSPS) is 21.1. The Morgan fingerprint density at radius 2 is 2.04 bits per heavy atom. The van der Waals surface area contributed by atoms with E-state index in [2.05, 4.69) is 16.4 Å². The van der Waals surface area contributed by atoms with Gasteiger partial charge in [-0.25, -0.2) is 0 Å². The van der Waals surface area contributed by atoms with Crippen molar-refractivity contribution in [2.45, 2.75) is 50.7 Å². The van der Waals surface area contributed by atoms with E-state index in [9.17, 15) is 4.79 Å². The van der Waals surface area contributed by atoms with Gasteiger partial charge in [-0.1, -0.05) is 18.2 Å². The summed E-state index contributed by atoms with van der Waals surface area (Å²) in [5.41, 5.74) is 2.55. The molecule has 1 aliphatic heterocycles. The zero-order valence-electron chi connectivity index (χ0n) is 13.9. The van der Waals surface area contributed by atoms with Gasteiger partial charge in [0, 0.05) is 29.9 Å². The fourth-order valence-corrected chi connectivity index (χ4v) is 4.04. The van der Waals surface area contributed by atoms with E-state index in [1.54, 1.807) is 18.5 Å². The summed E-state index contributed by atoms with van der Waals surface area (Å²) in [4.78, 5) is 16.8. The quantitative estimate of drug-likeness (QED) is 0.910. The maximum Gasteiger partial charge on any atom is 0.252 e. The monoisotopic (exact) mass is 322 g/mol. The number of nitrogens with one attached hydrogen (secondary N) is 1. The lowest BCUT2D eigenvalue weighted by Gasteiger charge is -2.40. The van der Waals surface area contributed by atoms with Gasteiger partial charge in [-0.05, 0) is 50.3 Å². The van der Waals surface area contributed by atoms with Crippen LogP contribution in [0.25, 0.3) is 0 Å². The van der Waals surface area contributed by atoms with Gasteiger partial charge in [-0.2, -0.15) is 0 Å². The van der Waals surface area contributed by atoms with E-state index < -0.39 is 0 Å². The molecule has 4 heteroatoms. The molecule has 0 bridgehead atoms. The molecule has 2 heterocycles. The molecule has 0 saturated heterocycles. The van der Waals surface area contributed by atoms with E-state index in [0.29, 0.717) is 5.56 Å². The Balaban J connectivity index is 1.64. The maximum atomic E-state index is 12.8. The van der Waals surface area contributed by atoms with Crippen molar-refractivity contribution in [3.63, 3.8) is 0 Å². The molecular weight excluding hydrogens is 300 g/mol. The van der Waals surface area contributed by atoms with E-state index in [1.165, 1.54) is 12.8 Å². The summed E-state index contributed by atoms with van der Waals surface area (Å²) in [7, 11) is 0. The number of hydrogen-bond donors (Lipinski definition) is 1. The van der Waals surface area contributed by atoms with Crippen molar-refractivity contribution in [2.75, 3.05) is 0 Å². The van der Waals surface area contributed by atoms with Crippen LogP contribution >= 0.6 is 0 Å². The Labute approximate surface area is 142 Å². The number of nitrogens with zero attached hydrogens (tertiary/aromatic N) is 1. The number of amides is 1. The first-order chi connectivity index (χ1) is 11.7. The first-order valence-electron chi connectivity index (χ1n) is 8.66. The number of carbonyl (C=O) groups is 1. The van der Waals surface area contributed by atoms with Crippen LogP contribution in [0.5, 0.6) is 5.75 Å². The Kier molecular flexibility index (Phi) is 3.75. The van der Waals surface area contributed by atoms with E-state index in [-0.39, 0.29) is 17.6 Å². The average Bonchev–Trinajstić information content (AvgIpc) is 3.02. The Hall–Kier alpha value is -2.36. The molecule has 0 unspecified atom stereocenters. The minimum atomic E-state index is -0.112. The highest BCUT2D eigenvalue weighted by molar-refractivity contribution is 5.95. The molecule has 2 aliphatic rings.